The van der Waals surface area contributed by atoms with Gasteiger partial charge in [0.25, 0.3) is 0 Å². The Balaban J connectivity index is -0.00000108. The summed E-state index contributed by atoms with van der Waals surface area (Å²) in [6, 6.07) is 0. The lowest BCUT2D eigenvalue weighted by molar-refractivity contribution is -0.00353. The molecule has 4 aliphatic carbocycles. The van der Waals surface area contributed by atoms with Crippen LogP contribution in [0.15, 0.2) is 180 Å². The fourth-order valence-electron chi connectivity index (χ4n) is 11.2. The Labute approximate surface area is 591 Å². The molecule has 0 N–H and O–H groups in total. The first-order valence-corrected chi connectivity index (χ1v) is 35.5. The van der Waals surface area contributed by atoms with Gasteiger partial charge in [-0.25, -0.2) is 0 Å². The van der Waals surface area contributed by atoms with E-state index in [1.54, 1.807) is 12.5 Å². The van der Waals surface area contributed by atoms with Crippen LogP contribution in [0.4, 0.5) is 0 Å². The van der Waals surface area contributed by atoms with Gasteiger partial charge in [0, 0.05) is 0 Å². The van der Waals surface area contributed by atoms with Crippen molar-refractivity contribution in [3.63, 3.8) is 0 Å². The van der Waals surface area contributed by atoms with Crippen molar-refractivity contribution in [3.8, 4) is 0 Å². The summed E-state index contributed by atoms with van der Waals surface area (Å²) in [5.74, 6) is 3.11. The summed E-state index contributed by atoms with van der Waals surface area (Å²) in [6.45, 7) is 64.2. The topological polar surface area (TPSA) is 157 Å². The molecule has 0 bridgehead atoms. The summed E-state index contributed by atoms with van der Waals surface area (Å²) in [4.78, 5) is 0. The van der Waals surface area contributed by atoms with Crippen molar-refractivity contribution in [2.45, 2.75) is 199 Å². The van der Waals surface area contributed by atoms with E-state index >= 15 is 0 Å². The van der Waals surface area contributed by atoms with E-state index < -0.39 is 0 Å². The van der Waals surface area contributed by atoms with Gasteiger partial charge in [-0.1, -0.05) is 138 Å². The second-order valence-corrected chi connectivity index (χ2v) is 23.6. The van der Waals surface area contributed by atoms with Crippen LogP contribution in [0.5, 0.6) is 0 Å². The molecule has 17 nitrogen and oxygen atoms in total. The van der Waals surface area contributed by atoms with Crippen LogP contribution in [0.1, 0.15) is 174 Å². The van der Waals surface area contributed by atoms with Gasteiger partial charge in [0.1, 0.15) is 26.4 Å². The van der Waals surface area contributed by atoms with Crippen molar-refractivity contribution < 1.29 is 80.5 Å². The van der Waals surface area contributed by atoms with Crippen LogP contribution < -0.4 is 0 Å². The third kappa shape index (κ3) is 63.9. The molecule has 0 spiro atoms. The minimum absolute atomic E-state index is 0.354. The molecule has 560 valence electrons. The Hall–Kier alpha value is -6.56. The number of hydrogen-bond donors (Lipinski definition) is 0. The van der Waals surface area contributed by atoms with Crippen LogP contribution in [0.25, 0.3) is 0 Å². The summed E-state index contributed by atoms with van der Waals surface area (Å²) in [7, 11) is 0. The molecule has 0 aromatic heterocycles. The van der Waals surface area contributed by atoms with E-state index in [2.05, 4.69) is 106 Å². The van der Waals surface area contributed by atoms with Crippen LogP contribution >= 0.6 is 0 Å². The predicted molar refractivity (Wildman–Crippen MR) is 397 cm³/mol. The lowest BCUT2D eigenvalue weighted by Gasteiger charge is -2.46. The lowest BCUT2D eigenvalue weighted by Crippen LogP contribution is -2.38. The van der Waals surface area contributed by atoms with E-state index in [4.69, 9.17) is 80.5 Å². The van der Waals surface area contributed by atoms with Crippen LogP contribution in [0, 0.1) is 29.1 Å². The van der Waals surface area contributed by atoms with E-state index in [1.165, 1.54) is 184 Å². The molecule has 4 saturated carbocycles. The third-order valence-corrected chi connectivity index (χ3v) is 16.6. The summed E-state index contributed by atoms with van der Waals surface area (Å²) in [5.41, 5.74) is 0.443. The average Bonchev–Trinajstić information content (AvgIpc) is 0.815. The highest BCUT2D eigenvalue weighted by Crippen LogP contribution is 2.49. The van der Waals surface area contributed by atoms with Gasteiger partial charge >= 0.3 is 0 Å². The minimum atomic E-state index is 0.354. The molecule has 0 radical (unpaired) electrons. The van der Waals surface area contributed by atoms with Crippen LogP contribution in [0.2, 0.25) is 0 Å². The monoisotopic (exact) mass is 1370 g/mol. The zero-order valence-electron chi connectivity index (χ0n) is 61.0. The summed E-state index contributed by atoms with van der Waals surface area (Å²) in [6.07, 6.45) is 52.3. The molecule has 97 heavy (non-hydrogen) atoms. The van der Waals surface area contributed by atoms with Gasteiger partial charge in [-0.2, -0.15) is 0 Å². The van der Waals surface area contributed by atoms with E-state index in [0.717, 1.165) is 103 Å². The molecular weight excluding hydrogens is 1230 g/mol. The molecule has 4 aliphatic rings. The predicted octanol–water partition coefficient (Wildman–Crippen LogP) is 20.0. The zero-order chi connectivity index (χ0) is 72.0. The fraction of sp³-hybridized carbons (Fsp3) is 0.650. The molecule has 0 aromatic carbocycles. The SMILES string of the molecule is C=COC1CCC(C(C)(C)C2CCC(OC=C)CC2)CC1.C=COC1CCC(OC=C)CC1.C=COCC1CCC(COC=C)CC1.C=COCCCCCCCCCOC=C.C=COCCCCOC=C.C=COCCOCCOC=C.C=COCCOCCOCCOC=C. The Morgan fingerprint density at radius 1 is 0.227 bits per heavy atom. The van der Waals surface area contributed by atoms with E-state index in [1.807, 2.05) is 0 Å². The molecule has 0 unspecified atom stereocenters. The van der Waals surface area contributed by atoms with Gasteiger partial charge in [0.15, 0.2) is 0 Å². The number of unbranched alkanes of at least 4 members (excludes halogenated alkanes) is 7. The Morgan fingerprint density at radius 3 is 0.649 bits per heavy atom. The number of rotatable bonds is 54. The van der Waals surface area contributed by atoms with Crippen molar-refractivity contribution >= 4 is 0 Å². The molecule has 0 atom stereocenters. The minimum Gasteiger partial charge on any atom is -0.502 e. The Morgan fingerprint density at radius 2 is 0.423 bits per heavy atom. The molecule has 0 aliphatic heterocycles. The molecule has 17 heteroatoms. The van der Waals surface area contributed by atoms with Crippen molar-refractivity contribution in [2.75, 3.05) is 106 Å². The van der Waals surface area contributed by atoms with Gasteiger partial charge in [-0.15, -0.1) is 0 Å². The molecule has 0 amide bonds. The van der Waals surface area contributed by atoms with Crippen LogP contribution in [-0.2, 0) is 80.5 Å². The standard InChI is InChI=1S/C19H32O2.C13H24O2.C12H20O2.C10H18O4.C10H16O2.C8H14O3.C8H14O2/c1-5-20-17-11-7-15(8-12-17)19(3,4)16-9-13-18(14-10-16)21-6-2;1-3-14-12-10-8-6-5-7-9-11-13-15-4-2;1-3-13-9-11-5-7-12(8-6-11)10-14-4-2;1-3-11-5-7-13-9-10-14-8-6-12-4-2;1-3-11-9-5-7-10(8-6-9)12-4-2;1-3-9-5-7-11-8-6-10-4-2;1-3-9-7-5-6-8-10-4-2/h5-6,15-18H,1-2,7-14H2,3-4H3;3-4H,1-2,5-13H2;3-4,11-12H,1-2,5-10H2;3-4H,1-2,5-10H2;3-4,9-10H,1-2,5-8H2;3-4H,1-2,5-8H2;3-4H,1-2,5-8H2. The first-order chi connectivity index (χ1) is 47.5. The van der Waals surface area contributed by atoms with Crippen molar-refractivity contribution in [3.05, 3.63) is 180 Å². The first-order valence-electron chi connectivity index (χ1n) is 35.5. The highest BCUT2D eigenvalue weighted by atomic mass is 16.6. The number of hydrogen-bond acceptors (Lipinski definition) is 17. The second-order valence-electron chi connectivity index (χ2n) is 23.6. The first kappa shape index (κ1) is 94.6. The fourth-order valence-corrected chi connectivity index (χ4v) is 11.2. The van der Waals surface area contributed by atoms with E-state index in [9.17, 15) is 0 Å². The third-order valence-electron chi connectivity index (χ3n) is 16.6. The summed E-state index contributed by atoms with van der Waals surface area (Å²) in [5, 5.41) is 0. The van der Waals surface area contributed by atoms with Crippen molar-refractivity contribution in [1.82, 2.24) is 0 Å². The van der Waals surface area contributed by atoms with E-state index in [0.29, 0.717) is 108 Å². The van der Waals surface area contributed by atoms with Gasteiger partial charge in [-0.05, 0) is 158 Å². The molecule has 0 heterocycles. The normalized spacial score (nSPS) is 19.5. The summed E-state index contributed by atoms with van der Waals surface area (Å²) >= 11 is 0. The van der Waals surface area contributed by atoms with Gasteiger partial charge in [0.05, 0.1) is 191 Å². The molecular formula is C80H138O17. The highest BCUT2D eigenvalue weighted by Gasteiger charge is 2.41. The van der Waals surface area contributed by atoms with Crippen molar-refractivity contribution in [2.24, 2.45) is 29.1 Å². The summed E-state index contributed by atoms with van der Waals surface area (Å²) < 4.78 is 86.8. The zero-order valence-corrected chi connectivity index (χ0v) is 61.0. The van der Waals surface area contributed by atoms with Crippen LogP contribution in [-0.4, -0.2) is 130 Å². The maximum Gasteiger partial charge on any atom is 0.111 e. The lowest BCUT2D eigenvalue weighted by atomic mass is 9.60. The van der Waals surface area contributed by atoms with E-state index in [-0.39, 0.29) is 0 Å². The average molecular weight is 1370 g/mol. The maximum atomic E-state index is 5.57. The highest BCUT2D eigenvalue weighted by molar-refractivity contribution is 4.91. The largest absolute Gasteiger partial charge is 0.502 e. The Bertz CT molecular complexity index is 1700. The smallest absolute Gasteiger partial charge is 0.111 e. The van der Waals surface area contributed by atoms with Crippen LogP contribution in [0.3, 0.4) is 0 Å². The Kier molecular flexibility index (Phi) is 74.9. The maximum absolute atomic E-state index is 5.57. The molecule has 4 fully saturated rings. The molecule has 0 saturated heterocycles. The molecule has 4 rings (SSSR count). The van der Waals surface area contributed by atoms with Gasteiger partial charge < -0.3 is 80.5 Å². The molecule has 0 aromatic rings. The quantitative estimate of drug-likeness (QED) is 0.0418. The second kappa shape index (κ2) is 76.8. The number of ether oxygens (including phenoxy) is 17. The van der Waals surface area contributed by atoms with Gasteiger partial charge in [-0.3, -0.25) is 0 Å². The van der Waals surface area contributed by atoms with Gasteiger partial charge in [0.2, 0.25) is 0 Å². The van der Waals surface area contributed by atoms with Crippen molar-refractivity contribution in [1.29, 1.82) is 0 Å².